The first-order valence-corrected chi connectivity index (χ1v) is 9.29. The molecule has 0 fully saturated rings. The number of ether oxygens (including phenoxy) is 1. The number of aromatic nitrogens is 3. The zero-order valence-corrected chi connectivity index (χ0v) is 14.8. The van der Waals surface area contributed by atoms with Crippen LogP contribution in [0.4, 0.5) is 5.82 Å². The number of fused-ring (bicyclic) bond motifs is 4. The number of hydrogen-bond acceptors (Lipinski definition) is 5. The molecule has 4 rings (SSSR count). The summed E-state index contributed by atoms with van der Waals surface area (Å²) in [4.78, 5) is 4.71. The van der Waals surface area contributed by atoms with Gasteiger partial charge in [0.25, 0.3) is 0 Å². The van der Waals surface area contributed by atoms with Crippen molar-refractivity contribution in [3.63, 3.8) is 0 Å². The molecule has 1 unspecified atom stereocenters. The number of anilines is 1. The van der Waals surface area contributed by atoms with Crippen LogP contribution < -0.4 is 10.1 Å². The fraction of sp³-hybridized carbons (Fsp3) is 0.400. The van der Waals surface area contributed by atoms with Gasteiger partial charge in [-0.15, -0.1) is 0 Å². The van der Waals surface area contributed by atoms with Crippen LogP contribution >= 0.6 is 0 Å². The van der Waals surface area contributed by atoms with Crippen molar-refractivity contribution < 1.29 is 9.84 Å². The lowest BCUT2D eigenvalue weighted by molar-refractivity contribution is 0.154. The van der Waals surface area contributed by atoms with Gasteiger partial charge in [0, 0.05) is 18.3 Å². The van der Waals surface area contributed by atoms with E-state index in [4.69, 9.17) is 9.72 Å². The smallest absolute Gasteiger partial charge is 0.165 e. The van der Waals surface area contributed by atoms with Crippen molar-refractivity contribution in [1.29, 1.82) is 0 Å². The lowest BCUT2D eigenvalue weighted by Gasteiger charge is -2.11. The summed E-state index contributed by atoms with van der Waals surface area (Å²) in [7, 11) is 0. The third-order valence-corrected chi connectivity index (χ3v) is 4.75. The summed E-state index contributed by atoms with van der Waals surface area (Å²) in [6.45, 7) is 1.39. The molecule has 2 aromatic heterocycles. The van der Waals surface area contributed by atoms with Gasteiger partial charge in [0.2, 0.25) is 0 Å². The second kappa shape index (κ2) is 7.74. The van der Waals surface area contributed by atoms with Crippen LogP contribution in [0.5, 0.6) is 5.75 Å². The van der Waals surface area contributed by atoms with Gasteiger partial charge in [0.05, 0.1) is 18.9 Å². The van der Waals surface area contributed by atoms with Gasteiger partial charge in [-0.1, -0.05) is 18.6 Å². The molecule has 3 aromatic rings. The molecule has 136 valence electrons. The van der Waals surface area contributed by atoms with Crippen LogP contribution in [0.1, 0.15) is 32.1 Å². The van der Waals surface area contributed by atoms with Gasteiger partial charge in [0.15, 0.2) is 5.65 Å². The van der Waals surface area contributed by atoms with E-state index in [0.29, 0.717) is 13.2 Å². The first kappa shape index (κ1) is 16.8. The Morgan fingerprint density at radius 3 is 3.08 bits per heavy atom. The second-order valence-corrected chi connectivity index (χ2v) is 6.73. The maximum atomic E-state index is 10.1. The summed E-state index contributed by atoms with van der Waals surface area (Å²) in [5, 5.41) is 17.8. The van der Waals surface area contributed by atoms with Crippen molar-refractivity contribution in [3.8, 4) is 16.9 Å². The third-order valence-electron chi connectivity index (χ3n) is 4.75. The first-order valence-electron chi connectivity index (χ1n) is 9.29. The maximum absolute atomic E-state index is 10.1. The van der Waals surface area contributed by atoms with Crippen LogP contribution in [-0.4, -0.2) is 39.0 Å². The van der Waals surface area contributed by atoms with Gasteiger partial charge in [-0.25, -0.2) is 9.50 Å². The van der Waals surface area contributed by atoms with Gasteiger partial charge < -0.3 is 15.2 Å². The van der Waals surface area contributed by atoms with Crippen LogP contribution in [0.3, 0.4) is 0 Å². The number of nitrogens with zero attached hydrogens (tertiary/aromatic N) is 3. The topological polar surface area (TPSA) is 71.7 Å². The second-order valence-electron chi connectivity index (χ2n) is 6.73. The zero-order chi connectivity index (χ0) is 17.8. The Morgan fingerprint density at radius 1 is 1.15 bits per heavy atom. The fourth-order valence-corrected chi connectivity index (χ4v) is 3.28. The molecule has 26 heavy (non-hydrogen) atoms. The number of aliphatic hydroxyl groups excluding tert-OH is 1. The Hall–Kier alpha value is -2.60. The molecular weight excluding hydrogens is 328 g/mol. The molecule has 3 heterocycles. The summed E-state index contributed by atoms with van der Waals surface area (Å²) < 4.78 is 7.68. The first-order chi connectivity index (χ1) is 12.8. The summed E-state index contributed by atoms with van der Waals surface area (Å²) >= 11 is 0. The molecule has 0 aliphatic carbocycles. The average molecular weight is 352 g/mol. The molecule has 2 N–H and O–H groups in total. The minimum absolute atomic E-state index is 0.275. The molecule has 1 aliphatic heterocycles. The van der Waals surface area contributed by atoms with Crippen molar-refractivity contribution in [2.75, 3.05) is 18.5 Å². The maximum Gasteiger partial charge on any atom is 0.165 e. The predicted molar refractivity (Wildman–Crippen MR) is 101 cm³/mol. The number of rotatable bonds is 0. The highest BCUT2D eigenvalue weighted by atomic mass is 16.5. The number of benzene rings is 1. The van der Waals surface area contributed by atoms with Crippen molar-refractivity contribution in [2.45, 2.75) is 38.2 Å². The molecule has 4 bridgehead atoms. The van der Waals surface area contributed by atoms with Crippen LogP contribution in [0.2, 0.25) is 0 Å². The molecule has 1 aromatic carbocycles. The Kier molecular flexibility index (Phi) is 5.02. The molecule has 1 atom stereocenters. The molecule has 0 saturated heterocycles. The summed E-state index contributed by atoms with van der Waals surface area (Å²) in [5.74, 6) is 1.66. The van der Waals surface area contributed by atoms with E-state index in [9.17, 15) is 5.11 Å². The third kappa shape index (κ3) is 3.80. The van der Waals surface area contributed by atoms with E-state index in [0.717, 1.165) is 60.4 Å². The molecule has 0 radical (unpaired) electrons. The quantitative estimate of drug-likeness (QED) is 0.648. The predicted octanol–water partition coefficient (Wildman–Crippen LogP) is 3.51. The lowest BCUT2D eigenvalue weighted by atomic mass is 10.1. The van der Waals surface area contributed by atoms with Gasteiger partial charge >= 0.3 is 0 Å². The summed E-state index contributed by atoms with van der Waals surface area (Å²) in [6.07, 6.45) is 8.09. The zero-order valence-electron chi connectivity index (χ0n) is 14.8. The van der Waals surface area contributed by atoms with E-state index >= 15 is 0 Å². The fourth-order valence-electron chi connectivity index (χ4n) is 3.28. The highest BCUT2D eigenvalue weighted by molar-refractivity contribution is 5.78. The normalized spacial score (nSPS) is 18.9. The number of aliphatic hydroxyl groups is 1. The van der Waals surface area contributed by atoms with Crippen molar-refractivity contribution >= 4 is 11.5 Å². The Morgan fingerprint density at radius 2 is 2.12 bits per heavy atom. The largest absolute Gasteiger partial charge is 0.494 e. The van der Waals surface area contributed by atoms with E-state index in [2.05, 4.69) is 16.5 Å². The van der Waals surface area contributed by atoms with E-state index in [1.807, 2.05) is 36.7 Å². The Balaban J connectivity index is 1.67. The van der Waals surface area contributed by atoms with E-state index in [-0.39, 0.29) is 6.10 Å². The van der Waals surface area contributed by atoms with E-state index < -0.39 is 0 Å². The van der Waals surface area contributed by atoms with Gasteiger partial charge in [-0.2, -0.15) is 5.10 Å². The van der Waals surface area contributed by atoms with Gasteiger partial charge in [-0.05, 0) is 49.4 Å². The minimum Gasteiger partial charge on any atom is -0.494 e. The average Bonchev–Trinajstić information content (AvgIpc) is 3.07. The highest BCUT2D eigenvalue weighted by Crippen LogP contribution is 2.27. The number of nitrogens with one attached hydrogen (secondary N) is 1. The van der Waals surface area contributed by atoms with Crippen LogP contribution in [0.25, 0.3) is 16.8 Å². The SMILES string of the molecule is OC1CCCCCOc2cccc(c2)-c2cnn3ccc(nc23)NCC1. The molecular formula is C20H24N4O2. The molecule has 1 aliphatic rings. The Labute approximate surface area is 152 Å². The monoisotopic (exact) mass is 352 g/mol. The Bertz CT molecular complexity index is 877. The van der Waals surface area contributed by atoms with Crippen molar-refractivity contribution in [3.05, 3.63) is 42.7 Å². The van der Waals surface area contributed by atoms with E-state index in [1.54, 1.807) is 4.52 Å². The van der Waals surface area contributed by atoms with E-state index in [1.165, 1.54) is 0 Å². The molecule has 0 spiro atoms. The van der Waals surface area contributed by atoms with Gasteiger partial charge in [0.1, 0.15) is 11.6 Å². The lowest BCUT2D eigenvalue weighted by Crippen LogP contribution is -2.14. The summed E-state index contributed by atoms with van der Waals surface area (Å²) in [6, 6.07) is 9.98. The van der Waals surface area contributed by atoms with Crippen LogP contribution in [0, 0.1) is 0 Å². The summed E-state index contributed by atoms with van der Waals surface area (Å²) in [5.41, 5.74) is 2.82. The molecule has 0 saturated carbocycles. The van der Waals surface area contributed by atoms with Gasteiger partial charge in [-0.3, -0.25) is 0 Å². The molecule has 0 amide bonds. The van der Waals surface area contributed by atoms with Crippen molar-refractivity contribution in [2.24, 2.45) is 0 Å². The van der Waals surface area contributed by atoms with Crippen LogP contribution in [-0.2, 0) is 0 Å². The van der Waals surface area contributed by atoms with Crippen LogP contribution in [0.15, 0.2) is 42.7 Å². The number of hydrogen-bond donors (Lipinski definition) is 2. The van der Waals surface area contributed by atoms with Crippen molar-refractivity contribution in [1.82, 2.24) is 14.6 Å². The molecule has 6 heteroatoms. The minimum atomic E-state index is -0.275. The standard InChI is InChI=1S/C20H24N4O2/c25-16-6-2-1-3-12-26-17-7-4-5-15(13-17)18-14-22-24-11-9-19(21-10-8-16)23-20(18)24/h4-5,7,9,11,13-14,16,25H,1-3,6,8,10,12H2,(H,21,23). The molecule has 6 nitrogen and oxygen atoms in total. The highest BCUT2D eigenvalue weighted by Gasteiger charge is 2.11.